The van der Waals surface area contributed by atoms with E-state index in [0.29, 0.717) is 10.9 Å². The van der Waals surface area contributed by atoms with Crippen molar-refractivity contribution in [1.29, 1.82) is 0 Å². The summed E-state index contributed by atoms with van der Waals surface area (Å²) in [5.74, 6) is 2.00. The summed E-state index contributed by atoms with van der Waals surface area (Å²) in [5, 5.41) is 4.01. The molecule has 4 rings (SSSR count). The predicted octanol–water partition coefficient (Wildman–Crippen LogP) is 3.91. The van der Waals surface area contributed by atoms with Crippen LogP contribution < -0.4 is 10.2 Å². The number of benzene rings is 1. The number of nitrogens with one attached hydrogen (secondary N) is 1. The van der Waals surface area contributed by atoms with Crippen molar-refractivity contribution < 1.29 is 0 Å². The van der Waals surface area contributed by atoms with E-state index in [1.54, 1.807) is 6.20 Å². The molecule has 132 valence electrons. The zero-order valence-electron chi connectivity index (χ0n) is 14.6. The standard InChI is InChI=1S/C20H20ClN5/c1-26(13-14-5-3-2-4-6-14)20-24-9-15(10-25-20)7-16-11-22-19-18(16)8-17(21)12-23-19/h2-6,8-10,12,16H,7,11,13H2,1H3,(H,22,23). The van der Waals surface area contributed by atoms with Crippen LogP contribution in [-0.2, 0) is 13.0 Å². The fraction of sp³-hybridized carbons (Fsp3) is 0.250. The molecule has 26 heavy (non-hydrogen) atoms. The lowest BCUT2D eigenvalue weighted by Gasteiger charge is -2.17. The molecule has 0 amide bonds. The van der Waals surface area contributed by atoms with Crippen LogP contribution in [0.5, 0.6) is 0 Å². The van der Waals surface area contributed by atoms with Gasteiger partial charge in [0.15, 0.2) is 0 Å². The van der Waals surface area contributed by atoms with Crippen molar-refractivity contribution in [1.82, 2.24) is 15.0 Å². The van der Waals surface area contributed by atoms with Gasteiger partial charge in [0.2, 0.25) is 5.95 Å². The van der Waals surface area contributed by atoms with Gasteiger partial charge in [-0.2, -0.15) is 0 Å². The summed E-state index contributed by atoms with van der Waals surface area (Å²) in [5.41, 5.74) is 3.52. The number of halogens is 1. The van der Waals surface area contributed by atoms with E-state index in [-0.39, 0.29) is 0 Å². The molecule has 1 aliphatic heterocycles. The Balaban J connectivity index is 1.43. The molecule has 1 unspecified atom stereocenters. The molecule has 5 nitrogen and oxygen atoms in total. The zero-order chi connectivity index (χ0) is 17.9. The lowest BCUT2D eigenvalue weighted by molar-refractivity contribution is 0.743. The quantitative estimate of drug-likeness (QED) is 0.742. The van der Waals surface area contributed by atoms with E-state index in [0.717, 1.165) is 36.8 Å². The summed E-state index contributed by atoms with van der Waals surface area (Å²) >= 11 is 6.09. The molecule has 0 spiro atoms. The maximum Gasteiger partial charge on any atom is 0.225 e. The highest BCUT2D eigenvalue weighted by Gasteiger charge is 2.24. The Labute approximate surface area is 158 Å². The summed E-state index contributed by atoms with van der Waals surface area (Å²) < 4.78 is 0. The molecule has 1 atom stereocenters. The van der Waals surface area contributed by atoms with Crippen molar-refractivity contribution in [2.75, 3.05) is 23.8 Å². The largest absolute Gasteiger partial charge is 0.369 e. The third kappa shape index (κ3) is 3.63. The van der Waals surface area contributed by atoms with Crippen molar-refractivity contribution in [3.8, 4) is 0 Å². The number of aromatic nitrogens is 3. The fourth-order valence-electron chi connectivity index (χ4n) is 3.29. The Kier molecular flexibility index (Phi) is 4.71. The molecule has 6 heteroatoms. The number of hydrogen-bond donors (Lipinski definition) is 1. The summed E-state index contributed by atoms with van der Waals surface area (Å²) in [6, 6.07) is 12.3. The zero-order valence-corrected chi connectivity index (χ0v) is 15.3. The molecule has 2 aromatic heterocycles. The number of pyridine rings is 1. The molecule has 0 radical (unpaired) electrons. The van der Waals surface area contributed by atoms with Crippen LogP contribution in [0, 0.1) is 0 Å². The molecule has 3 aromatic rings. The molecule has 0 bridgehead atoms. The minimum atomic E-state index is 0.340. The van der Waals surface area contributed by atoms with E-state index < -0.39 is 0 Å². The van der Waals surface area contributed by atoms with Gasteiger partial charge >= 0.3 is 0 Å². The van der Waals surface area contributed by atoms with Crippen molar-refractivity contribution >= 4 is 23.4 Å². The summed E-state index contributed by atoms with van der Waals surface area (Å²) in [6.07, 6.45) is 6.38. The summed E-state index contributed by atoms with van der Waals surface area (Å²) in [7, 11) is 2.01. The topological polar surface area (TPSA) is 53.9 Å². The molecular formula is C20H20ClN5. The van der Waals surface area contributed by atoms with Crippen molar-refractivity contribution in [2.24, 2.45) is 0 Å². The normalized spacial score (nSPS) is 15.4. The fourth-order valence-corrected chi connectivity index (χ4v) is 3.46. The Hall–Kier alpha value is -2.66. The Bertz CT molecular complexity index is 882. The van der Waals surface area contributed by atoms with Gasteiger partial charge in [0, 0.05) is 50.2 Å². The summed E-state index contributed by atoms with van der Waals surface area (Å²) in [6.45, 7) is 1.64. The van der Waals surface area contributed by atoms with Crippen molar-refractivity contribution in [2.45, 2.75) is 18.9 Å². The molecular weight excluding hydrogens is 346 g/mol. The molecule has 1 aliphatic rings. The van der Waals surface area contributed by atoms with Crippen LogP contribution in [0.15, 0.2) is 55.0 Å². The van der Waals surface area contributed by atoms with Crippen LogP contribution in [-0.4, -0.2) is 28.5 Å². The minimum absolute atomic E-state index is 0.340. The van der Waals surface area contributed by atoms with E-state index in [2.05, 4.69) is 37.3 Å². The number of nitrogens with zero attached hydrogens (tertiary/aromatic N) is 4. The Morgan fingerprint density at radius 1 is 1.08 bits per heavy atom. The van der Waals surface area contributed by atoms with Gasteiger partial charge in [-0.15, -0.1) is 0 Å². The van der Waals surface area contributed by atoms with Crippen LogP contribution in [0.4, 0.5) is 11.8 Å². The van der Waals surface area contributed by atoms with E-state index in [1.165, 1.54) is 11.1 Å². The number of hydrogen-bond acceptors (Lipinski definition) is 5. The maximum atomic E-state index is 6.09. The molecule has 1 N–H and O–H groups in total. The van der Waals surface area contributed by atoms with Crippen LogP contribution in [0.1, 0.15) is 22.6 Å². The highest BCUT2D eigenvalue weighted by molar-refractivity contribution is 6.30. The highest BCUT2D eigenvalue weighted by Crippen LogP contribution is 2.33. The van der Waals surface area contributed by atoms with Crippen LogP contribution in [0.2, 0.25) is 5.02 Å². The van der Waals surface area contributed by atoms with Crippen molar-refractivity contribution in [3.63, 3.8) is 0 Å². The predicted molar refractivity (Wildman–Crippen MR) is 105 cm³/mol. The van der Waals surface area contributed by atoms with Crippen molar-refractivity contribution in [3.05, 3.63) is 76.7 Å². The van der Waals surface area contributed by atoms with Gasteiger partial charge in [-0.1, -0.05) is 41.9 Å². The van der Waals surface area contributed by atoms with Gasteiger partial charge in [0.05, 0.1) is 5.02 Å². The monoisotopic (exact) mass is 365 g/mol. The first-order chi connectivity index (χ1) is 12.7. The maximum absolute atomic E-state index is 6.09. The number of rotatable bonds is 5. The molecule has 0 saturated heterocycles. The lowest BCUT2D eigenvalue weighted by Crippen LogP contribution is -2.19. The van der Waals surface area contributed by atoms with Gasteiger partial charge in [-0.25, -0.2) is 15.0 Å². The average Bonchev–Trinajstić information content (AvgIpc) is 3.05. The Morgan fingerprint density at radius 3 is 2.62 bits per heavy atom. The molecule has 0 saturated carbocycles. The molecule has 1 aromatic carbocycles. The van der Waals surface area contributed by atoms with Gasteiger partial charge in [-0.05, 0) is 23.6 Å². The third-order valence-corrected chi connectivity index (χ3v) is 4.82. The highest BCUT2D eigenvalue weighted by atomic mass is 35.5. The second-order valence-electron chi connectivity index (χ2n) is 6.61. The van der Waals surface area contributed by atoms with Crippen LogP contribution in [0.25, 0.3) is 0 Å². The SMILES string of the molecule is CN(Cc1ccccc1)c1ncc(CC2CNc3ncc(Cl)cc32)cn1. The van der Waals surface area contributed by atoms with E-state index in [1.807, 2.05) is 43.7 Å². The van der Waals surface area contributed by atoms with Crippen LogP contribution >= 0.6 is 11.6 Å². The summed E-state index contributed by atoms with van der Waals surface area (Å²) in [4.78, 5) is 15.5. The third-order valence-electron chi connectivity index (χ3n) is 4.62. The van der Waals surface area contributed by atoms with E-state index >= 15 is 0 Å². The minimum Gasteiger partial charge on any atom is -0.369 e. The van der Waals surface area contributed by atoms with E-state index in [4.69, 9.17) is 11.6 Å². The second-order valence-corrected chi connectivity index (χ2v) is 7.04. The van der Waals surface area contributed by atoms with Crippen LogP contribution in [0.3, 0.4) is 0 Å². The molecule has 3 heterocycles. The first-order valence-corrected chi connectivity index (χ1v) is 9.02. The first-order valence-electron chi connectivity index (χ1n) is 8.64. The average molecular weight is 366 g/mol. The van der Waals surface area contributed by atoms with Gasteiger partial charge in [0.1, 0.15) is 5.82 Å². The Morgan fingerprint density at radius 2 is 1.85 bits per heavy atom. The first kappa shape index (κ1) is 16.8. The number of anilines is 2. The van der Waals surface area contributed by atoms with Gasteiger partial charge in [0.25, 0.3) is 0 Å². The van der Waals surface area contributed by atoms with Gasteiger partial charge < -0.3 is 10.2 Å². The second kappa shape index (κ2) is 7.30. The van der Waals surface area contributed by atoms with Gasteiger partial charge in [-0.3, -0.25) is 0 Å². The molecule has 0 fully saturated rings. The van der Waals surface area contributed by atoms with E-state index in [9.17, 15) is 0 Å². The lowest BCUT2D eigenvalue weighted by atomic mass is 9.96. The molecule has 0 aliphatic carbocycles. The number of fused-ring (bicyclic) bond motifs is 1. The smallest absolute Gasteiger partial charge is 0.225 e.